The van der Waals surface area contributed by atoms with Crippen molar-refractivity contribution in [1.29, 1.82) is 0 Å². The van der Waals surface area contributed by atoms with Crippen LogP contribution in [0.1, 0.15) is 36.8 Å². The molecule has 1 aliphatic heterocycles. The van der Waals surface area contributed by atoms with Crippen molar-refractivity contribution in [2.45, 2.75) is 45.8 Å². The van der Waals surface area contributed by atoms with Gasteiger partial charge in [0.05, 0.1) is 17.8 Å². The second-order valence-corrected chi connectivity index (χ2v) is 5.86. The fourth-order valence-electron chi connectivity index (χ4n) is 2.60. The number of carbonyl (C=O) groups is 1. The minimum atomic E-state index is -0.277. The summed E-state index contributed by atoms with van der Waals surface area (Å²) in [4.78, 5) is 13.8. The maximum Gasteiger partial charge on any atom is 0.237 e. The second kappa shape index (κ2) is 6.14. The second-order valence-electron chi connectivity index (χ2n) is 5.59. The number of ether oxygens (including phenoxy) is 1. The molecule has 1 atom stereocenters. The van der Waals surface area contributed by atoms with Crippen molar-refractivity contribution in [3.63, 3.8) is 0 Å². The zero-order valence-electron chi connectivity index (χ0n) is 12.2. The van der Waals surface area contributed by atoms with E-state index in [0.29, 0.717) is 13.1 Å². The number of alkyl halides is 1. The van der Waals surface area contributed by atoms with Gasteiger partial charge in [-0.3, -0.25) is 4.79 Å². The van der Waals surface area contributed by atoms with Gasteiger partial charge in [-0.2, -0.15) is 0 Å². The number of rotatable bonds is 5. The molecular formula is C14H21ClN2O3. The number of hydrogen-bond donors (Lipinski definition) is 0. The third-order valence-electron chi connectivity index (χ3n) is 3.82. The third-order valence-corrected chi connectivity index (χ3v) is 4.05. The van der Waals surface area contributed by atoms with Crippen LogP contribution in [-0.4, -0.2) is 40.6 Å². The maximum absolute atomic E-state index is 12.1. The van der Waals surface area contributed by atoms with E-state index in [9.17, 15) is 4.79 Å². The quantitative estimate of drug-likeness (QED) is 0.784. The first-order chi connectivity index (χ1) is 9.45. The lowest BCUT2D eigenvalue weighted by atomic mass is 10.0. The molecule has 0 N–H and O–H groups in total. The summed E-state index contributed by atoms with van der Waals surface area (Å²) in [5.41, 5.74) is 1.48. The zero-order chi connectivity index (χ0) is 14.8. The number of hydrogen-bond acceptors (Lipinski definition) is 4. The fourth-order valence-corrected chi connectivity index (χ4v) is 2.77. The third kappa shape index (κ3) is 3.33. The molecule has 1 saturated heterocycles. The van der Waals surface area contributed by atoms with Crippen LogP contribution >= 0.6 is 11.6 Å². The molecule has 1 unspecified atom stereocenters. The molecule has 0 aliphatic carbocycles. The van der Waals surface area contributed by atoms with Gasteiger partial charge >= 0.3 is 0 Å². The first kappa shape index (κ1) is 15.3. The molecule has 5 nitrogen and oxygen atoms in total. The molecule has 1 aliphatic rings. The molecule has 1 aromatic rings. The van der Waals surface area contributed by atoms with E-state index in [0.717, 1.165) is 36.5 Å². The highest BCUT2D eigenvalue weighted by molar-refractivity contribution is 6.27. The number of aryl methyl sites for hydroxylation is 2. The minimum Gasteiger partial charge on any atom is -0.373 e. The summed E-state index contributed by atoms with van der Waals surface area (Å²) in [5, 5.41) is 3.93. The van der Waals surface area contributed by atoms with E-state index in [1.165, 1.54) is 0 Å². The first-order valence-corrected chi connectivity index (χ1v) is 7.38. The molecule has 6 heteroatoms. The zero-order valence-corrected chi connectivity index (χ0v) is 13.0. The van der Waals surface area contributed by atoms with Crippen LogP contribution in [0.25, 0.3) is 0 Å². The summed E-state index contributed by atoms with van der Waals surface area (Å²) < 4.78 is 10.9. The van der Waals surface area contributed by atoms with Crippen LogP contribution in [0.5, 0.6) is 0 Å². The van der Waals surface area contributed by atoms with Crippen LogP contribution in [0.2, 0.25) is 0 Å². The Kier molecular flexibility index (Phi) is 4.70. The van der Waals surface area contributed by atoms with Crippen LogP contribution in [0, 0.1) is 13.8 Å². The van der Waals surface area contributed by atoms with Gasteiger partial charge in [-0.25, -0.2) is 0 Å². The Balaban J connectivity index is 2.14. The summed E-state index contributed by atoms with van der Waals surface area (Å²) >= 11 is 5.73. The van der Waals surface area contributed by atoms with E-state index in [-0.39, 0.29) is 17.4 Å². The van der Waals surface area contributed by atoms with Gasteiger partial charge in [0.25, 0.3) is 0 Å². The standard InChI is InChI=1S/C14H21ClN2O3/c1-10-12(11(2)20-16-10)8-17(13(18)7-15)9-14(3)5-4-6-19-14/h4-9H2,1-3H3. The number of nitrogens with zero attached hydrogens (tertiary/aromatic N) is 2. The normalized spacial score (nSPS) is 22.2. The summed E-state index contributed by atoms with van der Waals surface area (Å²) in [6.45, 7) is 7.54. The highest BCUT2D eigenvalue weighted by Crippen LogP contribution is 2.27. The Morgan fingerprint density at radius 2 is 2.25 bits per heavy atom. The van der Waals surface area contributed by atoms with Crippen molar-refractivity contribution in [3.8, 4) is 0 Å². The van der Waals surface area contributed by atoms with Crippen molar-refractivity contribution in [1.82, 2.24) is 10.1 Å². The van der Waals surface area contributed by atoms with Crippen LogP contribution in [0.4, 0.5) is 0 Å². The van der Waals surface area contributed by atoms with Crippen LogP contribution < -0.4 is 0 Å². The molecule has 1 aromatic heterocycles. The number of carbonyl (C=O) groups excluding carboxylic acids is 1. The van der Waals surface area contributed by atoms with Crippen molar-refractivity contribution in [2.75, 3.05) is 19.0 Å². The van der Waals surface area contributed by atoms with Gasteiger partial charge in [-0.15, -0.1) is 11.6 Å². The molecule has 0 saturated carbocycles. The predicted octanol–water partition coefficient (Wildman–Crippen LogP) is 2.43. The lowest BCUT2D eigenvalue weighted by Crippen LogP contribution is -2.43. The molecule has 0 aromatic carbocycles. The molecule has 0 spiro atoms. The van der Waals surface area contributed by atoms with Gasteiger partial charge in [0, 0.05) is 18.7 Å². The Hall–Kier alpha value is -1.07. The van der Waals surface area contributed by atoms with Crippen LogP contribution in [0.3, 0.4) is 0 Å². The molecule has 1 amide bonds. The molecule has 2 heterocycles. The lowest BCUT2D eigenvalue weighted by molar-refractivity contribution is -0.133. The Labute approximate surface area is 124 Å². The van der Waals surface area contributed by atoms with Gasteiger partial charge in [-0.05, 0) is 33.6 Å². The van der Waals surface area contributed by atoms with Crippen LogP contribution in [0.15, 0.2) is 4.52 Å². The SMILES string of the molecule is Cc1noc(C)c1CN(CC1(C)CCCO1)C(=O)CCl. The highest BCUT2D eigenvalue weighted by Gasteiger charge is 2.34. The molecule has 112 valence electrons. The Morgan fingerprint density at radius 3 is 2.75 bits per heavy atom. The van der Waals surface area contributed by atoms with Crippen molar-refractivity contribution >= 4 is 17.5 Å². The summed E-state index contributed by atoms with van der Waals surface area (Å²) in [6.07, 6.45) is 1.99. The largest absolute Gasteiger partial charge is 0.373 e. The summed E-state index contributed by atoms with van der Waals surface area (Å²) in [6, 6.07) is 0. The molecule has 0 bridgehead atoms. The molecule has 20 heavy (non-hydrogen) atoms. The lowest BCUT2D eigenvalue weighted by Gasteiger charge is -2.31. The molecule has 0 radical (unpaired) electrons. The van der Waals surface area contributed by atoms with Crippen LogP contribution in [-0.2, 0) is 16.1 Å². The molecule has 2 rings (SSSR count). The fraction of sp³-hybridized carbons (Fsp3) is 0.714. The van der Waals surface area contributed by atoms with Crippen molar-refractivity contribution in [2.24, 2.45) is 0 Å². The maximum atomic E-state index is 12.1. The van der Waals surface area contributed by atoms with E-state index in [1.807, 2.05) is 20.8 Å². The van der Waals surface area contributed by atoms with Gasteiger partial charge in [0.15, 0.2) is 0 Å². The van der Waals surface area contributed by atoms with Gasteiger partial charge < -0.3 is 14.2 Å². The van der Waals surface area contributed by atoms with E-state index >= 15 is 0 Å². The van der Waals surface area contributed by atoms with Crippen molar-refractivity contribution < 1.29 is 14.1 Å². The summed E-state index contributed by atoms with van der Waals surface area (Å²) in [5.74, 6) is 0.621. The summed E-state index contributed by atoms with van der Waals surface area (Å²) in [7, 11) is 0. The number of amides is 1. The number of halogens is 1. The van der Waals surface area contributed by atoms with Gasteiger partial charge in [0.1, 0.15) is 11.6 Å². The molecular weight excluding hydrogens is 280 g/mol. The Bertz CT molecular complexity index is 461. The van der Waals surface area contributed by atoms with E-state index in [4.69, 9.17) is 20.9 Å². The smallest absolute Gasteiger partial charge is 0.237 e. The monoisotopic (exact) mass is 300 g/mol. The first-order valence-electron chi connectivity index (χ1n) is 6.84. The molecule has 1 fully saturated rings. The van der Waals surface area contributed by atoms with Gasteiger partial charge in [0.2, 0.25) is 5.91 Å². The average Bonchev–Trinajstić information content (AvgIpc) is 2.98. The average molecular weight is 301 g/mol. The van der Waals surface area contributed by atoms with Crippen molar-refractivity contribution in [3.05, 3.63) is 17.0 Å². The Morgan fingerprint density at radius 1 is 1.50 bits per heavy atom. The van der Waals surface area contributed by atoms with Gasteiger partial charge in [-0.1, -0.05) is 5.16 Å². The topological polar surface area (TPSA) is 55.6 Å². The predicted molar refractivity (Wildman–Crippen MR) is 75.7 cm³/mol. The van der Waals surface area contributed by atoms with E-state index < -0.39 is 0 Å². The minimum absolute atomic E-state index is 0.0283. The highest BCUT2D eigenvalue weighted by atomic mass is 35.5. The van der Waals surface area contributed by atoms with E-state index in [2.05, 4.69) is 5.16 Å². The van der Waals surface area contributed by atoms with E-state index in [1.54, 1.807) is 4.90 Å². The number of aromatic nitrogens is 1.